The molecule has 0 spiro atoms. The topological polar surface area (TPSA) is 87.7 Å². The van der Waals surface area contributed by atoms with Gasteiger partial charge >= 0.3 is 12.0 Å². The molecule has 0 saturated heterocycles. The van der Waals surface area contributed by atoms with Gasteiger partial charge in [0.1, 0.15) is 11.9 Å². The second-order valence-corrected chi connectivity index (χ2v) is 4.81. The molecule has 0 fully saturated rings. The average molecular weight is 349 g/mol. The third kappa shape index (κ3) is 5.14. The van der Waals surface area contributed by atoms with Crippen molar-refractivity contribution in [3.05, 3.63) is 28.5 Å². The Balaban J connectivity index is 2.65. The Morgan fingerprint density at radius 2 is 2.20 bits per heavy atom. The Morgan fingerprint density at radius 3 is 2.80 bits per heavy atom. The molecule has 0 saturated carbocycles. The van der Waals surface area contributed by atoms with Crippen molar-refractivity contribution in [1.82, 2.24) is 5.32 Å². The lowest BCUT2D eigenvalue weighted by atomic mass is 10.2. The fraction of sp³-hybridized carbons (Fsp3) is 0.333. The summed E-state index contributed by atoms with van der Waals surface area (Å²) in [6.45, 7) is 0.183. The van der Waals surface area contributed by atoms with Crippen LogP contribution in [-0.2, 0) is 9.53 Å². The predicted molar refractivity (Wildman–Crippen MR) is 74.2 cm³/mol. The third-order valence-corrected chi connectivity index (χ3v) is 2.88. The number of hydrogen-bond acceptors (Lipinski definition) is 3. The number of carbonyl (C=O) groups is 2. The second kappa shape index (κ2) is 7.81. The number of ether oxygens (including phenoxy) is 1. The van der Waals surface area contributed by atoms with Crippen LogP contribution in [0.2, 0.25) is 0 Å². The van der Waals surface area contributed by atoms with Gasteiger partial charge in [0.15, 0.2) is 0 Å². The van der Waals surface area contributed by atoms with Crippen LogP contribution < -0.4 is 10.6 Å². The Labute approximate surface area is 123 Å². The molecule has 6 nitrogen and oxygen atoms in total. The number of amides is 2. The summed E-state index contributed by atoms with van der Waals surface area (Å²) in [5, 5.41) is 13.4. The van der Waals surface area contributed by atoms with Crippen LogP contribution in [0.15, 0.2) is 22.7 Å². The summed E-state index contributed by atoms with van der Waals surface area (Å²) < 4.78 is 18.8. The van der Waals surface area contributed by atoms with Crippen molar-refractivity contribution < 1.29 is 23.8 Å². The number of benzene rings is 1. The maximum absolute atomic E-state index is 13.4. The number of carboxylic acid groups (broad SMARTS) is 1. The van der Waals surface area contributed by atoms with Gasteiger partial charge < -0.3 is 20.5 Å². The first kappa shape index (κ1) is 16.4. The monoisotopic (exact) mass is 348 g/mol. The van der Waals surface area contributed by atoms with Crippen molar-refractivity contribution >= 4 is 33.6 Å². The zero-order valence-corrected chi connectivity index (χ0v) is 12.2. The minimum Gasteiger partial charge on any atom is -0.480 e. The van der Waals surface area contributed by atoms with E-state index in [0.717, 1.165) is 0 Å². The number of methoxy groups -OCH3 is 1. The molecule has 3 N–H and O–H groups in total. The number of anilines is 1. The zero-order valence-electron chi connectivity index (χ0n) is 10.7. The lowest BCUT2D eigenvalue weighted by Gasteiger charge is -2.15. The highest BCUT2D eigenvalue weighted by atomic mass is 79.9. The molecular formula is C12H14BrFN2O4. The number of carboxylic acids is 1. The molecule has 1 unspecified atom stereocenters. The molecule has 0 aliphatic carbocycles. The minimum absolute atomic E-state index is 0.0484. The SMILES string of the molecule is COCCC(NC(=O)Nc1cc(Br)ccc1F)C(=O)O. The smallest absolute Gasteiger partial charge is 0.326 e. The summed E-state index contributed by atoms with van der Waals surface area (Å²) in [6.07, 6.45) is 0.111. The molecule has 1 rings (SSSR count). The number of halogens is 2. The normalized spacial score (nSPS) is 11.8. The Hall–Kier alpha value is -1.67. The summed E-state index contributed by atoms with van der Waals surface area (Å²) in [5.74, 6) is -1.81. The van der Waals surface area contributed by atoms with E-state index in [1.165, 1.54) is 25.3 Å². The van der Waals surface area contributed by atoms with E-state index in [-0.39, 0.29) is 18.7 Å². The number of nitrogens with one attached hydrogen (secondary N) is 2. The fourth-order valence-electron chi connectivity index (χ4n) is 1.40. The number of carbonyl (C=O) groups excluding carboxylic acids is 1. The van der Waals surface area contributed by atoms with Crippen LogP contribution in [-0.4, -0.2) is 36.9 Å². The van der Waals surface area contributed by atoms with Gasteiger partial charge in [-0.2, -0.15) is 0 Å². The molecule has 0 aromatic heterocycles. The molecule has 1 aromatic rings. The summed E-state index contributed by atoms with van der Waals surface area (Å²) >= 11 is 3.15. The average Bonchev–Trinajstić information content (AvgIpc) is 2.38. The molecule has 0 radical (unpaired) electrons. The summed E-state index contributed by atoms with van der Waals surface area (Å²) in [5.41, 5.74) is -0.0484. The molecular weight excluding hydrogens is 335 g/mol. The number of rotatable bonds is 6. The zero-order chi connectivity index (χ0) is 15.1. The van der Waals surface area contributed by atoms with Crippen LogP contribution in [0.3, 0.4) is 0 Å². The van der Waals surface area contributed by atoms with Crippen molar-refractivity contribution in [2.45, 2.75) is 12.5 Å². The van der Waals surface area contributed by atoms with Gasteiger partial charge in [0.05, 0.1) is 5.69 Å². The lowest BCUT2D eigenvalue weighted by molar-refractivity contribution is -0.139. The molecule has 2 amide bonds. The van der Waals surface area contributed by atoms with Gasteiger partial charge in [0.2, 0.25) is 0 Å². The number of urea groups is 1. The van der Waals surface area contributed by atoms with E-state index in [1.54, 1.807) is 0 Å². The van der Waals surface area contributed by atoms with E-state index < -0.39 is 23.9 Å². The fourth-order valence-corrected chi connectivity index (χ4v) is 1.76. The van der Waals surface area contributed by atoms with Gasteiger partial charge in [-0.25, -0.2) is 14.0 Å². The summed E-state index contributed by atoms with van der Waals surface area (Å²) in [6, 6.07) is 2.13. The Bertz CT molecular complexity index is 498. The maximum Gasteiger partial charge on any atom is 0.326 e. The van der Waals surface area contributed by atoms with Crippen LogP contribution in [0, 0.1) is 5.82 Å². The highest BCUT2D eigenvalue weighted by molar-refractivity contribution is 9.10. The highest BCUT2D eigenvalue weighted by Gasteiger charge is 2.20. The molecule has 0 heterocycles. The van der Waals surface area contributed by atoms with Crippen molar-refractivity contribution in [3.63, 3.8) is 0 Å². The van der Waals surface area contributed by atoms with Gasteiger partial charge in [-0.05, 0) is 18.2 Å². The van der Waals surface area contributed by atoms with Crippen molar-refractivity contribution in [1.29, 1.82) is 0 Å². The van der Waals surface area contributed by atoms with Crippen molar-refractivity contribution in [3.8, 4) is 0 Å². The molecule has 110 valence electrons. The largest absolute Gasteiger partial charge is 0.480 e. The van der Waals surface area contributed by atoms with Gasteiger partial charge in [-0.15, -0.1) is 0 Å². The predicted octanol–water partition coefficient (Wildman–Crippen LogP) is 2.20. The maximum atomic E-state index is 13.4. The number of hydrogen-bond donors (Lipinski definition) is 3. The van der Waals surface area contributed by atoms with Gasteiger partial charge in [-0.1, -0.05) is 15.9 Å². The van der Waals surface area contributed by atoms with Crippen molar-refractivity contribution in [2.75, 3.05) is 19.0 Å². The summed E-state index contributed by atoms with van der Waals surface area (Å²) in [4.78, 5) is 22.6. The van der Waals surface area contributed by atoms with E-state index in [4.69, 9.17) is 9.84 Å². The van der Waals surface area contributed by atoms with E-state index in [9.17, 15) is 14.0 Å². The van der Waals surface area contributed by atoms with Crippen LogP contribution in [0.25, 0.3) is 0 Å². The third-order valence-electron chi connectivity index (χ3n) is 2.39. The van der Waals surface area contributed by atoms with E-state index in [2.05, 4.69) is 26.6 Å². The minimum atomic E-state index is -1.19. The molecule has 0 bridgehead atoms. The first-order valence-corrected chi connectivity index (χ1v) is 6.47. The first-order valence-electron chi connectivity index (χ1n) is 5.68. The van der Waals surface area contributed by atoms with Crippen LogP contribution in [0.5, 0.6) is 0 Å². The Kier molecular flexibility index (Phi) is 6.40. The van der Waals surface area contributed by atoms with E-state index in [1.807, 2.05) is 0 Å². The van der Waals surface area contributed by atoms with Crippen LogP contribution in [0.4, 0.5) is 14.9 Å². The van der Waals surface area contributed by atoms with Gasteiger partial charge in [-0.3, -0.25) is 0 Å². The standard InChI is InChI=1S/C12H14BrFN2O4/c1-20-5-4-9(11(17)18)15-12(19)16-10-6-7(13)2-3-8(10)14/h2-3,6,9H,4-5H2,1H3,(H,17,18)(H2,15,16,19). The highest BCUT2D eigenvalue weighted by Crippen LogP contribution is 2.19. The molecule has 0 aliphatic rings. The van der Waals surface area contributed by atoms with Gasteiger partial charge in [0, 0.05) is 24.6 Å². The van der Waals surface area contributed by atoms with E-state index in [0.29, 0.717) is 4.47 Å². The number of aliphatic carboxylic acids is 1. The Morgan fingerprint density at radius 1 is 1.50 bits per heavy atom. The lowest BCUT2D eigenvalue weighted by Crippen LogP contribution is -2.43. The molecule has 8 heteroatoms. The molecule has 1 atom stereocenters. The molecule has 20 heavy (non-hydrogen) atoms. The summed E-state index contributed by atoms with van der Waals surface area (Å²) in [7, 11) is 1.43. The van der Waals surface area contributed by atoms with Crippen LogP contribution >= 0.6 is 15.9 Å². The quantitative estimate of drug-likeness (QED) is 0.735. The molecule has 1 aromatic carbocycles. The van der Waals surface area contributed by atoms with E-state index >= 15 is 0 Å². The second-order valence-electron chi connectivity index (χ2n) is 3.89. The van der Waals surface area contributed by atoms with Gasteiger partial charge in [0.25, 0.3) is 0 Å². The van der Waals surface area contributed by atoms with Crippen molar-refractivity contribution in [2.24, 2.45) is 0 Å². The first-order chi connectivity index (χ1) is 9.43. The molecule has 0 aliphatic heterocycles. The van der Waals surface area contributed by atoms with Crippen LogP contribution in [0.1, 0.15) is 6.42 Å².